The minimum atomic E-state index is -0.744. The molecule has 8 heteroatoms. The Bertz CT molecular complexity index is 696. The number of benzene rings is 1. The summed E-state index contributed by atoms with van der Waals surface area (Å²) in [5.41, 5.74) is 0.175. The number of aromatic nitrogens is 1. The molecule has 0 aliphatic heterocycles. The highest BCUT2D eigenvalue weighted by molar-refractivity contribution is 7.14. The number of carbonyl (C=O) groups excluding carboxylic acids is 1. The van der Waals surface area contributed by atoms with Crippen molar-refractivity contribution in [2.24, 2.45) is 0 Å². The van der Waals surface area contributed by atoms with Gasteiger partial charge in [0, 0.05) is 11.4 Å². The van der Waals surface area contributed by atoms with E-state index in [2.05, 4.69) is 10.3 Å². The van der Waals surface area contributed by atoms with Crippen molar-refractivity contribution in [3.05, 3.63) is 45.0 Å². The Morgan fingerprint density at radius 1 is 1.48 bits per heavy atom. The molecule has 1 aromatic carbocycles. The Morgan fingerprint density at radius 3 is 2.76 bits per heavy atom. The third kappa shape index (κ3) is 3.16. The van der Waals surface area contributed by atoms with Crippen LogP contribution in [0.3, 0.4) is 0 Å². The summed E-state index contributed by atoms with van der Waals surface area (Å²) in [4.78, 5) is 26.3. The molecule has 1 heterocycles. The van der Waals surface area contributed by atoms with E-state index in [4.69, 9.17) is 0 Å². The Kier molecular flexibility index (Phi) is 4.18. The predicted molar refractivity (Wildman–Crippen MR) is 78.9 cm³/mol. The Morgan fingerprint density at radius 2 is 2.19 bits per heavy atom. The fraction of sp³-hybridized carbons (Fsp3) is 0.231. The van der Waals surface area contributed by atoms with E-state index in [0.29, 0.717) is 5.13 Å². The molecule has 0 atom stereocenters. The van der Waals surface area contributed by atoms with Crippen molar-refractivity contribution < 1.29 is 14.8 Å². The van der Waals surface area contributed by atoms with Crippen LogP contribution >= 0.6 is 11.3 Å². The topological polar surface area (TPSA) is 105 Å². The van der Waals surface area contributed by atoms with Crippen molar-refractivity contribution >= 4 is 28.1 Å². The lowest BCUT2D eigenvalue weighted by Gasteiger charge is -2.04. The number of thiazole rings is 1. The van der Waals surface area contributed by atoms with Crippen LogP contribution in [-0.4, -0.2) is 20.9 Å². The summed E-state index contributed by atoms with van der Waals surface area (Å²) in [6, 6.07) is 3.79. The molecule has 2 N–H and O–H groups in total. The van der Waals surface area contributed by atoms with Crippen molar-refractivity contribution in [2.75, 3.05) is 5.32 Å². The van der Waals surface area contributed by atoms with Gasteiger partial charge >= 0.3 is 5.69 Å². The first-order chi connectivity index (χ1) is 9.90. The van der Waals surface area contributed by atoms with Crippen LogP contribution in [0.1, 0.15) is 35.8 Å². The minimum absolute atomic E-state index is 0.162. The largest absolute Gasteiger partial charge is 0.502 e. The molecule has 7 nitrogen and oxygen atoms in total. The Labute approximate surface area is 124 Å². The standard InChI is InChI=1S/C13H13N3O4S/c1-7(2)9-6-21-13(14-9)15-12(18)8-4-3-5-10(11(8)17)16(19)20/h3-7,17H,1-2H3,(H,14,15,18). The van der Waals surface area contributed by atoms with Gasteiger partial charge in [-0.2, -0.15) is 0 Å². The van der Waals surface area contributed by atoms with Crippen LogP contribution in [0.5, 0.6) is 5.75 Å². The van der Waals surface area contributed by atoms with Crippen LogP contribution in [0.25, 0.3) is 0 Å². The molecular formula is C13H13N3O4S. The summed E-state index contributed by atoms with van der Waals surface area (Å²) >= 11 is 1.26. The molecule has 0 fully saturated rings. The van der Waals surface area contributed by atoms with Crippen molar-refractivity contribution in [3.63, 3.8) is 0 Å². The maximum Gasteiger partial charge on any atom is 0.311 e. The fourth-order valence-electron chi connectivity index (χ4n) is 1.64. The highest BCUT2D eigenvalue weighted by atomic mass is 32.1. The normalized spacial score (nSPS) is 10.6. The molecule has 0 spiro atoms. The van der Waals surface area contributed by atoms with Gasteiger partial charge in [-0.15, -0.1) is 11.3 Å². The summed E-state index contributed by atoms with van der Waals surface area (Å²) in [7, 11) is 0. The van der Waals surface area contributed by atoms with Gasteiger partial charge in [0.2, 0.25) is 5.75 Å². The summed E-state index contributed by atoms with van der Waals surface area (Å²) in [6.45, 7) is 3.96. The van der Waals surface area contributed by atoms with Crippen molar-refractivity contribution in [3.8, 4) is 5.75 Å². The van der Waals surface area contributed by atoms with Gasteiger partial charge in [-0.3, -0.25) is 20.2 Å². The number of hydrogen-bond donors (Lipinski definition) is 2. The van der Waals surface area contributed by atoms with E-state index in [1.807, 2.05) is 19.2 Å². The zero-order valence-corrected chi connectivity index (χ0v) is 12.2. The van der Waals surface area contributed by atoms with E-state index in [9.17, 15) is 20.0 Å². The van der Waals surface area contributed by atoms with Crippen LogP contribution in [0, 0.1) is 10.1 Å². The summed E-state index contributed by atoms with van der Waals surface area (Å²) < 4.78 is 0. The van der Waals surface area contributed by atoms with E-state index in [-0.39, 0.29) is 11.5 Å². The first-order valence-electron chi connectivity index (χ1n) is 6.13. The van der Waals surface area contributed by atoms with Crippen molar-refractivity contribution in [2.45, 2.75) is 19.8 Å². The third-order valence-corrected chi connectivity index (χ3v) is 3.57. The van der Waals surface area contributed by atoms with E-state index < -0.39 is 22.3 Å². The number of hydrogen-bond acceptors (Lipinski definition) is 6. The number of anilines is 1. The maximum absolute atomic E-state index is 12.1. The number of phenolic OH excluding ortho intramolecular Hbond substituents is 1. The molecule has 0 bridgehead atoms. The second-order valence-electron chi connectivity index (χ2n) is 4.62. The van der Waals surface area contributed by atoms with Crippen LogP contribution in [0.2, 0.25) is 0 Å². The van der Waals surface area contributed by atoms with Crippen LogP contribution in [0.4, 0.5) is 10.8 Å². The van der Waals surface area contributed by atoms with Crippen LogP contribution in [-0.2, 0) is 0 Å². The lowest BCUT2D eigenvalue weighted by molar-refractivity contribution is -0.385. The third-order valence-electron chi connectivity index (χ3n) is 2.79. The van der Waals surface area contributed by atoms with Crippen molar-refractivity contribution in [1.29, 1.82) is 0 Å². The lowest BCUT2D eigenvalue weighted by atomic mass is 10.1. The molecule has 0 aliphatic rings. The fourth-order valence-corrected chi connectivity index (χ4v) is 2.50. The van der Waals surface area contributed by atoms with Gasteiger partial charge in [-0.25, -0.2) is 4.98 Å². The number of phenols is 1. The molecule has 0 saturated heterocycles. The highest BCUT2D eigenvalue weighted by Gasteiger charge is 2.21. The van der Waals surface area contributed by atoms with E-state index in [0.717, 1.165) is 11.8 Å². The van der Waals surface area contributed by atoms with Gasteiger partial charge in [-0.1, -0.05) is 19.9 Å². The first kappa shape index (κ1) is 14.9. The van der Waals surface area contributed by atoms with Gasteiger partial charge < -0.3 is 5.11 Å². The quantitative estimate of drug-likeness (QED) is 0.666. The average molecular weight is 307 g/mol. The van der Waals surface area contributed by atoms with E-state index >= 15 is 0 Å². The summed E-state index contributed by atoms with van der Waals surface area (Å²) in [6.07, 6.45) is 0. The lowest BCUT2D eigenvalue weighted by Crippen LogP contribution is -2.12. The molecule has 21 heavy (non-hydrogen) atoms. The van der Waals surface area contributed by atoms with Crippen molar-refractivity contribution in [1.82, 2.24) is 4.98 Å². The molecule has 0 aliphatic carbocycles. The van der Waals surface area contributed by atoms with E-state index in [1.54, 1.807) is 0 Å². The number of aromatic hydroxyl groups is 1. The second kappa shape index (κ2) is 5.88. The molecule has 0 radical (unpaired) electrons. The minimum Gasteiger partial charge on any atom is -0.502 e. The van der Waals surface area contributed by atoms with Crippen LogP contribution < -0.4 is 5.32 Å². The second-order valence-corrected chi connectivity index (χ2v) is 5.47. The molecule has 1 amide bonds. The number of nitro groups is 1. The maximum atomic E-state index is 12.1. The number of amides is 1. The molecule has 2 aromatic rings. The molecule has 0 unspecified atom stereocenters. The van der Waals surface area contributed by atoms with Gasteiger partial charge in [-0.05, 0) is 12.0 Å². The zero-order chi connectivity index (χ0) is 15.6. The number of nitro benzene ring substituents is 1. The predicted octanol–water partition coefficient (Wildman–Crippen LogP) is 3.13. The van der Waals surface area contributed by atoms with E-state index in [1.165, 1.54) is 23.5 Å². The number of para-hydroxylation sites is 1. The summed E-state index contributed by atoms with van der Waals surface area (Å²) in [5.74, 6) is -1.06. The number of carbonyl (C=O) groups is 1. The molecular weight excluding hydrogens is 294 g/mol. The number of rotatable bonds is 4. The average Bonchev–Trinajstić information content (AvgIpc) is 2.87. The number of nitrogens with one attached hydrogen (secondary N) is 1. The smallest absolute Gasteiger partial charge is 0.311 e. The molecule has 110 valence electrons. The number of nitrogens with zero attached hydrogens (tertiary/aromatic N) is 2. The SMILES string of the molecule is CC(C)c1csc(NC(=O)c2cccc([N+](=O)[O-])c2O)n1. The van der Waals surface area contributed by atoms with Gasteiger partial charge in [0.15, 0.2) is 5.13 Å². The Balaban J connectivity index is 2.24. The molecule has 2 rings (SSSR count). The van der Waals surface area contributed by atoms with Crippen LogP contribution in [0.15, 0.2) is 23.6 Å². The summed E-state index contributed by atoms with van der Waals surface area (Å²) in [5, 5.41) is 25.3. The Hall–Kier alpha value is -2.48. The molecule has 1 aromatic heterocycles. The highest BCUT2D eigenvalue weighted by Crippen LogP contribution is 2.30. The monoisotopic (exact) mass is 307 g/mol. The van der Waals surface area contributed by atoms with Gasteiger partial charge in [0.1, 0.15) is 0 Å². The first-order valence-corrected chi connectivity index (χ1v) is 7.01. The zero-order valence-electron chi connectivity index (χ0n) is 11.4. The van der Waals surface area contributed by atoms with Gasteiger partial charge in [0.05, 0.1) is 16.2 Å². The van der Waals surface area contributed by atoms with Gasteiger partial charge in [0.25, 0.3) is 5.91 Å². The molecule has 0 saturated carbocycles.